The minimum absolute atomic E-state index is 0.0165. The Morgan fingerprint density at radius 3 is 2.29 bits per heavy atom. The van der Waals surface area contributed by atoms with E-state index < -0.39 is 4.92 Å². The van der Waals surface area contributed by atoms with Gasteiger partial charge in [0.1, 0.15) is 5.69 Å². The van der Waals surface area contributed by atoms with Crippen LogP contribution >= 0.6 is 34.5 Å². The first-order valence-electron chi connectivity index (χ1n) is 10.3. The van der Waals surface area contributed by atoms with Crippen LogP contribution in [0.3, 0.4) is 0 Å². The quantitative estimate of drug-likeness (QED) is 0.192. The molecule has 0 radical (unpaired) electrons. The minimum Gasteiger partial charge on any atom is -0.329 e. The van der Waals surface area contributed by atoms with Crippen molar-refractivity contribution in [3.63, 3.8) is 0 Å². The number of carbonyl (C=O) groups excluding carboxylic acids is 1. The maximum Gasteiger partial charge on any atom is 0.273 e. The zero-order chi connectivity index (χ0) is 24.1. The summed E-state index contributed by atoms with van der Waals surface area (Å²) < 4.78 is 0. The van der Waals surface area contributed by atoms with E-state index in [1.165, 1.54) is 23.5 Å². The number of carbonyl (C=O) groups is 1. The van der Waals surface area contributed by atoms with Gasteiger partial charge in [-0.05, 0) is 28.8 Å². The Hall–Kier alpha value is -3.26. The second kappa shape index (κ2) is 10.8. The molecule has 0 aliphatic carbocycles. The largest absolute Gasteiger partial charge is 0.329 e. The van der Waals surface area contributed by atoms with Crippen molar-refractivity contribution < 1.29 is 9.72 Å². The van der Waals surface area contributed by atoms with E-state index in [0.29, 0.717) is 39.3 Å². The number of nitro benzene ring substituents is 1. The predicted octanol–water partition coefficient (Wildman–Crippen LogP) is 6.79. The number of hydrogen-bond donors (Lipinski definition) is 0. The number of amides is 1. The molecule has 4 aromatic rings. The molecule has 0 aliphatic rings. The van der Waals surface area contributed by atoms with Gasteiger partial charge in [0.15, 0.2) is 0 Å². The van der Waals surface area contributed by atoms with E-state index in [4.69, 9.17) is 23.2 Å². The van der Waals surface area contributed by atoms with Crippen molar-refractivity contribution in [3.8, 4) is 0 Å². The zero-order valence-electron chi connectivity index (χ0n) is 17.9. The molecule has 0 fully saturated rings. The highest BCUT2D eigenvalue weighted by molar-refractivity contribution is 7.09. The summed E-state index contributed by atoms with van der Waals surface area (Å²) in [6.45, 7) is 0.546. The lowest BCUT2D eigenvalue weighted by Gasteiger charge is -2.22. The van der Waals surface area contributed by atoms with Gasteiger partial charge in [-0.15, -0.1) is 11.3 Å². The van der Waals surface area contributed by atoms with Crippen LogP contribution in [0.5, 0.6) is 0 Å². The maximum atomic E-state index is 13.5. The van der Waals surface area contributed by atoms with Crippen LogP contribution in [0.2, 0.25) is 10.0 Å². The third-order valence-electron chi connectivity index (χ3n) is 5.16. The normalized spacial score (nSPS) is 10.8. The summed E-state index contributed by atoms with van der Waals surface area (Å²) in [5.41, 5.74) is 2.66. The number of thiazole rings is 1. The van der Waals surface area contributed by atoms with Crippen molar-refractivity contribution >= 4 is 46.1 Å². The fourth-order valence-electron chi connectivity index (χ4n) is 3.50. The highest BCUT2D eigenvalue weighted by atomic mass is 35.5. The predicted molar refractivity (Wildman–Crippen MR) is 134 cm³/mol. The average molecular weight is 512 g/mol. The van der Waals surface area contributed by atoms with Gasteiger partial charge in [0.25, 0.3) is 11.6 Å². The monoisotopic (exact) mass is 511 g/mol. The molecule has 1 aromatic heterocycles. The van der Waals surface area contributed by atoms with E-state index >= 15 is 0 Å². The van der Waals surface area contributed by atoms with E-state index in [9.17, 15) is 14.9 Å². The van der Waals surface area contributed by atoms with E-state index in [1.54, 1.807) is 40.6 Å². The molecular formula is C25H19Cl2N3O3S. The van der Waals surface area contributed by atoms with Gasteiger partial charge in [0, 0.05) is 47.1 Å². The van der Waals surface area contributed by atoms with Crippen molar-refractivity contribution in [2.75, 3.05) is 0 Å². The van der Waals surface area contributed by atoms with Crippen LogP contribution in [0, 0.1) is 10.1 Å². The average Bonchev–Trinajstić information content (AvgIpc) is 3.30. The zero-order valence-corrected chi connectivity index (χ0v) is 20.2. The number of non-ortho nitro benzene ring substituents is 1. The topological polar surface area (TPSA) is 76.3 Å². The fourth-order valence-corrected chi connectivity index (χ4v) is 4.81. The van der Waals surface area contributed by atoms with Gasteiger partial charge in [0.2, 0.25) is 0 Å². The first kappa shape index (κ1) is 23.9. The van der Waals surface area contributed by atoms with Gasteiger partial charge in [-0.25, -0.2) is 4.98 Å². The molecule has 0 aliphatic heterocycles. The molecule has 172 valence electrons. The van der Waals surface area contributed by atoms with E-state index in [0.717, 1.165) is 11.1 Å². The summed E-state index contributed by atoms with van der Waals surface area (Å²) in [5, 5.41) is 14.7. The number of nitro groups is 1. The number of halogens is 2. The Labute approximate surface area is 210 Å². The number of aromatic nitrogens is 1. The molecule has 1 heterocycles. The minimum atomic E-state index is -0.445. The van der Waals surface area contributed by atoms with Crippen LogP contribution in [-0.2, 0) is 19.5 Å². The summed E-state index contributed by atoms with van der Waals surface area (Å²) in [4.78, 5) is 30.4. The van der Waals surface area contributed by atoms with Crippen LogP contribution in [0.15, 0.2) is 78.2 Å². The molecule has 0 spiro atoms. The van der Waals surface area contributed by atoms with Crippen LogP contribution in [-0.4, -0.2) is 20.7 Å². The first-order chi connectivity index (χ1) is 16.4. The van der Waals surface area contributed by atoms with E-state index in [1.807, 2.05) is 30.3 Å². The molecule has 0 unspecified atom stereocenters. The molecule has 3 aromatic carbocycles. The van der Waals surface area contributed by atoms with Crippen molar-refractivity contribution in [1.82, 2.24) is 9.88 Å². The summed E-state index contributed by atoms with van der Waals surface area (Å²) in [5.74, 6) is -0.261. The Balaban J connectivity index is 1.59. The van der Waals surface area contributed by atoms with Gasteiger partial charge in [-0.1, -0.05) is 71.7 Å². The summed E-state index contributed by atoms with van der Waals surface area (Å²) in [6.07, 6.45) is 0.417. The standard InChI is InChI=1S/C25H19Cl2N3O3S/c26-21-10-5-11-22(27)20(21)13-24-28-23(16-34-24)25(31)29(14-17-6-2-1-3-7-17)15-18-8-4-9-19(12-18)30(32)33/h1-12,16H,13-15H2. The highest BCUT2D eigenvalue weighted by Crippen LogP contribution is 2.28. The first-order valence-corrected chi connectivity index (χ1v) is 12.0. The van der Waals surface area contributed by atoms with Gasteiger partial charge in [-0.3, -0.25) is 14.9 Å². The molecule has 0 saturated carbocycles. The second-order valence-electron chi connectivity index (χ2n) is 7.58. The fraction of sp³-hybridized carbons (Fsp3) is 0.120. The smallest absolute Gasteiger partial charge is 0.273 e. The van der Waals surface area contributed by atoms with Gasteiger partial charge >= 0.3 is 0 Å². The molecular weight excluding hydrogens is 493 g/mol. The Morgan fingerprint density at radius 1 is 0.941 bits per heavy atom. The van der Waals surface area contributed by atoms with Crippen LogP contribution in [0.1, 0.15) is 32.2 Å². The number of nitrogens with zero attached hydrogens (tertiary/aromatic N) is 3. The second-order valence-corrected chi connectivity index (χ2v) is 9.33. The summed E-state index contributed by atoms with van der Waals surface area (Å²) >= 11 is 13.9. The maximum absolute atomic E-state index is 13.5. The van der Waals surface area contributed by atoms with Crippen LogP contribution in [0.4, 0.5) is 5.69 Å². The number of benzene rings is 3. The SMILES string of the molecule is O=C(c1csc(Cc2c(Cl)cccc2Cl)n1)N(Cc1ccccc1)Cc1cccc([N+](=O)[O-])c1. The van der Waals surface area contributed by atoms with Gasteiger partial charge < -0.3 is 4.90 Å². The van der Waals surface area contributed by atoms with Gasteiger partial charge in [-0.2, -0.15) is 0 Å². The molecule has 0 N–H and O–H groups in total. The Kier molecular flexibility index (Phi) is 7.57. The van der Waals surface area contributed by atoms with Crippen molar-refractivity contribution in [2.24, 2.45) is 0 Å². The summed E-state index contributed by atoms with van der Waals surface area (Å²) in [7, 11) is 0. The lowest BCUT2D eigenvalue weighted by Crippen LogP contribution is -2.30. The van der Waals surface area contributed by atoms with E-state index in [-0.39, 0.29) is 18.1 Å². The highest BCUT2D eigenvalue weighted by Gasteiger charge is 2.21. The summed E-state index contributed by atoms with van der Waals surface area (Å²) in [6, 6.07) is 21.2. The Bertz CT molecular complexity index is 1310. The molecule has 0 saturated heterocycles. The number of hydrogen-bond acceptors (Lipinski definition) is 5. The van der Waals surface area contributed by atoms with Crippen molar-refractivity contribution in [2.45, 2.75) is 19.5 Å². The lowest BCUT2D eigenvalue weighted by atomic mass is 10.1. The molecule has 4 rings (SSSR count). The van der Waals surface area contributed by atoms with Crippen LogP contribution in [0.25, 0.3) is 0 Å². The number of rotatable bonds is 8. The lowest BCUT2D eigenvalue weighted by molar-refractivity contribution is -0.384. The Morgan fingerprint density at radius 2 is 1.59 bits per heavy atom. The molecule has 34 heavy (non-hydrogen) atoms. The molecule has 1 amide bonds. The van der Waals surface area contributed by atoms with Crippen molar-refractivity contribution in [1.29, 1.82) is 0 Å². The molecule has 0 bridgehead atoms. The molecule has 9 heteroatoms. The molecule has 6 nitrogen and oxygen atoms in total. The molecule has 0 atom stereocenters. The van der Waals surface area contributed by atoms with Crippen molar-refractivity contribution in [3.05, 3.63) is 126 Å². The third kappa shape index (κ3) is 5.80. The van der Waals surface area contributed by atoms with Crippen LogP contribution < -0.4 is 0 Å². The third-order valence-corrected chi connectivity index (χ3v) is 6.72. The van der Waals surface area contributed by atoms with E-state index in [2.05, 4.69) is 4.98 Å². The van der Waals surface area contributed by atoms with Gasteiger partial charge in [0.05, 0.1) is 9.93 Å².